The number of aryl methyl sites for hydroxylation is 1. The lowest BCUT2D eigenvalue weighted by atomic mass is 9.80. The first-order valence-corrected chi connectivity index (χ1v) is 6.91. The molecule has 1 fully saturated rings. The molecule has 100 valence electrons. The summed E-state index contributed by atoms with van der Waals surface area (Å²) in [6, 6.07) is 0. The predicted molar refractivity (Wildman–Crippen MR) is 66.3 cm³/mol. The van der Waals surface area contributed by atoms with Gasteiger partial charge >= 0.3 is 5.97 Å². The molecule has 2 rings (SSSR count). The molecule has 0 aromatic carbocycles. The molecule has 0 radical (unpaired) electrons. The van der Waals surface area contributed by atoms with Crippen LogP contribution in [-0.4, -0.2) is 42.3 Å². The lowest BCUT2D eigenvalue weighted by molar-refractivity contribution is -0.144. The maximum absolute atomic E-state index is 10.8. The van der Waals surface area contributed by atoms with E-state index in [-0.39, 0.29) is 5.92 Å². The fraction of sp³-hybridized carbons (Fsp3) is 0.727. The Hall–Kier alpha value is -1.08. The van der Waals surface area contributed by atoms with Gasteiger partial charge in [0.2, 0.25) is 0 Å². The zero-order valence-electron chi connectivity index (χ0n) is 10.2. The topological polar surface area (TPSA) is 88.2 Å². The summed E-state index contributed by atoms with van der Waals surface area (Å²) in [4.78, 5) is 10.8. The number of rotatable bonds is 4. The Bertz CT molecular complexity index is 427. The van der Waals surface area contributed by atoms with Crippen LogP contribution in [0, 0.1) is 5.92 Å². The Balaban J connectivity index is 1.86. The maximum Gasteiger partial charge on any atom is 0.306 e. The minimum absolute atomic E-state index is 0.301. The van der Waals surface area contributed by atoms with E-state index in [2.05, 4.69) is 10.2 Å². The van der Waals surface area contributed by atoms with E-state index in [1.165, 1.54) is 11.8 Å². The Morgan fingerprint density at radius 1 is 1.61 bits per heavy atom. The quantitative estimate of drug-likeness (QED) is 0.791. The zero-order chi connectivity index (χ0) is 13.2. The van der Waals surface area contributed by atoms with Crippen molar-refractivity contribution in [1.29, 1.82) is 0 Å². The van der Waals surface area contributed by atoms with E-state index in [0.717, 1.165) is 5.16 Å². The number of carboxylic acids is 1. The van der Waals surface area contributed by atoms with Crippen LogP contribution in [0.2, 0.25) is 0 Å². The number of hydrogen-bond acceptors (Lipinski definition) is 5. The fourth-order valence-corrected chi connectivity index (χ4v) is 3.19. The molecule has 7 heteroatoms. The first kappa shape index (κ1) is 13.4. The zero-order valence-corrected chi connectivity index (χ0v) is 11.1. The third-order valence-electron chi connectivity index (χ3n) is 3.41. The van der Waals surface area contributed by atoms with E-state index in [1.807, 2.05) is 7.05 Å². The van der Waals surface area contributed by atoms with Gasteiger partial charge in [0, 0.05) is 12.8 Å². The molecular formula is C11H17N3O3S. The highest BCUT2D eigenvalue weighted by atomic mass is 32.2. The highest BCUT2D eigenvalue weighted by Crippen LogP contribution is 2.35. The number of hydrogen-bond donors (Lipinski definition) is 2. The van der Waals surface area contributed by atoms with Crippen molar-refractivity contribution in [1.82, 2.24) is 14.8 Å². The van der Waals surface area contributed by atoms with Crippen LogP contribution in [0.5, 0.6) is 0 Å². The average Bonchev–Trinajstić information content (AvgIpc) is 2.73. The summed E-state index contributed by atoms with van der Waals surface area (Å²) in [5.41, 5.74) is -0.775. The summed E-state index contributed by atoms with van der Waals surface area (Å²) in [6.45, 7) is 0. The van der Waals surface area contributed by atoms with Gasteiger partial charge in [-0.05, 0) is 25.7 Å². The number of carboxylic acid groups (broad SMARTS) is 1. The second-order valence-corrected chi connectivity index (χ2v) is 5.79. The van der Waals surface area contributed by atoms with E-state index < -0.39 is 11.6 Å². The SMILES string of the molecule is Cn1cnnc1SCC1(O)CCC(C(=O)O)CC1. The molecule has 6 nitrogen and oxygen atoms in total. The third kappa shape index (κ3) is 3.02. The predicted octanol–water partition coefficient (Wildman–Crippen LogP) is 0.913. The normalized spacial score (nSPS) is 28.2. The van der Waals surface area contributed by atoms with Gasteiger partial charge in [0.1, 0.15) is 6.33 Å². The molecule has 1 saturated carbocycles. The molecule has 0 bridgehead atoms. The third-order valence-corrected chi connectivity index (χ3v) is 4.71. The molecule has 1 heterocycles. The second kappa shape index (κ2) is 5.27. The lowest BCUT2D eigenvalue weighted by Crippen LogP contribution is -2.38. The number of aliphatic hydroxyl groups is 1. The summed E-state index contributed by atoms with van der Waals surface area (Å²) in [5, 5.41) is 27.8. The van der Waals surface area contributed by atoms with Crippen LogP contribution in [0.4, 0.5) is 0 Å². The highest BCUT2D eigenvalue weighted by molar-refractivity contribution is 7.99. The molecule has 0 spiro atoms. The number of carbonyl (C=O) groups is 1. The molecular weight excluding hydrogens is 254 g/mol. The molecule has 0 amide bonds. The molecule has 0 unspecified atom stereocenters. The van der Waals surface area contributed by atoms with Crippen molar-refractivity contribution in [3.63, 3.8) is 0 Å². The largest absolute Gasteiger partial charge is 0.481 e. The fourth-order valence-electron chi connectivity index (χ4n) is 2.15. The Morgan fingerprint density at radius 2 is 2.28 bits per heavy atom. The summed E-state index contributed by atoms with van der Waals surface area (Å²) >= 11 is 1.46. The molecule has 0 saturated heterocycles. The number of aliphatic carboxylic acids is 1. The Kier molecular flexibility index (Phi) is 3.91. The molecule has 1 aromatic heterocycles. The van der Waals surface area contributed by atoms with Crippen LogP contribution >= 0.6 is 11.8 Å². The van der Waals surface area contributed by atoms with Crippen molar-refractivity contribution in [2.45, 2.75) is 36.4 Å². The van der Waals surface area contributed by atoms with Crippen molar-refractivity contribution >= 4 is 17.7 Å². The van der Waals surface area contributed by atoms with Crippen molar-refractivity contribution in [2.24, 2.45) is 13.0 Å². The van der Waals surface area contributed by atoms with E-state index in [1.54, 1.807) is 10.9 Å². The Morgan fingerprint density at radius 3 is 2.78 bits per heavy atom. The number of aromatic nitrogens is 3. The van der Waals surface area contributed by atoms with Gasteiger partial charge in [-0.3, -0.25) is 4.79 Å². The van der Waals surface area contributed by atoms with E-state index >= 15 is 0 Å². The van der Waals surface area contributed by atoms with Crippen molar-refractivity contribution in [2.75, 3.05) is 5.75 Å². The van der Waals surface area contributed by atoms with Crippen LogP contribution in [0.25, 0.3) is 0 Å². The molecule has 1 aromatic rings. The molecule has 0 aliphatic heterocycles. The van der Waals surface area contributed by atoms with Crippen LogP contribution < -0.4 is 0 Å². The summed E-state index contributed by atoms with van der Waals surface area (Å²) in [5.74, 6) is -0.519. The van der Waals surface area contributed by atoms with Gasteiger partial charge in [0.25, 0.3) is 0 Å². The van der Waals surface area contributed by atoms with Gasteiger partial charge in [0.15, 0.2) is 5.16 Å². The van der Waals surface area contributed by atoms with Crippen LogP contribution in [-0.2, 0) is 11.8 Å². The van der Waals surface area contributed by atoms with Gasteiger partial charge in [-0.2, -0.15) is 0 Å². The van der Waals surface area contributed by atoms with Gasteiger partial charge in [-0.1, -0.05) is 11.8 Å². The molecule has 2 N–H and O–H groups in total. The van der Waals surface area contributed by atoms with E-state index in [4.69, 9.17) is 5.11 Å². The molecule has 0 atom stereocenters. The molecule has 1 aliphatic rings. The molecule has 1 aliphatic carbocycles. The molecule has 18 heavy (non-hydrogen) atoms. The van der Waals surface area contributed by atoms with Gasteiger partial charge in [0.05, 0.1) is 11.5 Å². The number of thioether (sulfide) groups is 1. The lowest BCUT2D eigenvalue weighted by Gasteiger charge is -2.34. The summed E-state index contributed by atoms with van der Waals surface area (Å²) in [7, 11) is 1.85. The monoisotopic (exact) mass is 271 g/mol. The average molecular weight is 271 g/mol. The van der Waals surface area contributed by atoms with Crippen molar-refractivity contribution in [3.8, 4) is 0 Å². The van der Waals surface area contributed by atoms with E-state index in [0.29, 0.717) is 31.4 Å². The smallest absolute Gasteiger partial charge is 0.306 e. The van der Waals surface area contributed by atoms with Crippen LogP contribution in [0.1, 0.15) is 25.7 Å². The van der Waals surface area contributed by atoms with Crippen molar-refractivity contribution < 1.29 is 15.0 Å². The van der Waals surface area contributed by atoms with E-state index in [9.17, 15) is 9.90 Å². The number of nitrogens with zero attached hydrogens (tertiary/aromatic N) is 3. The van der Waals surface area contributed by atoms with Gasteiger partial charge in [-0.15, -0.1) is 10.2 Å². The first-order valence-electron chi connectivity index (χ1n) is 5.92. The van der Waals surface area contributed by atoms with Gasteiger partial charge < -0.3 is 14.8 Å². The minimum Gasteiger partial charge on any atom is -0.481 e. The van der Waals surface area contributed by atoms with Crippen LogP contribution in [0.3, 0.4) is 0 Å². The summed E-state index contributed by atoms with van der Waals surface area (Å²) in [6.07, 6.45) is 3.79. The van der Waals surface area contributed by atoms with Crippen molar-refractivity contribution in [3.05, 3.63) is 6.33 Å². The maximum atomic E-state index is 10.8. The first-order chi connectivity index (χ1) is 8.50. The second-order valence-electron chi connectivity index (χ2n) is 4.85. The highest BCUT2D eigenvalue weighted by Gasteiger charge is 2.36. The Labute approximate surface area is 109 Å². The summed E-state index contributed by atoms with van der Waals surface area (Å²) < 4.78 is 1.80. The minimum atomic E-state index is -0.775. The van der Waals surface area contributed by atoms with Crippen LogP contribution in [0.15, 0.2) is 11.5 Å². The van der Waals surface area contributed by atoms with Gasteiger partial charge in [-0.25, -0.2) is 0 Å². The standard InChI is InChI=1S/C11H17N3O3S/c1-14-7-12-13-10(14)18-6-11(17)4-2-8(3-5-11)9(15)16/h7-8,17H,2-6H2,1H3,(H,15,16).